The molecule has 2 aromatic carbocycles. The Morgan fingerprint density at radius 2 is 1.79 bits per heavy atom. The highest BCUT2D eigenvalue weighted by atomic mass is 35.5. The number of halogens is 1. The summed E-state index contributed by atoms with van der Waals surface area (Å²) < 4.78 is 10.4. The van der Waals surface area contributed by atoms with Crippen molar-refractivity contribution in [3.05, 3.63) is 41.4 Å². The molecule has 2 amide bonds. The van der Waals surface area contributed by atoms with Crippen LogP contribution in [-0.4, -0.2) is 31.8 Å². The number of carbonyl (C=O) groups is 2. The molecule has 8 heteroatoms. The summed E-state index contributed by atoms with van der Waals surface area (Å²) in [6.07, 6.45) is 2.34. The van der Waals surface area contributed by atoms with Gasteiger partial charge in [-0.25, -0.2) is 0 Å². The summed E-state index contributed by atoms with van der Waals surface area (Å²) in [4.78, 5) is 25.1. The van der Waals surface area contributed by atoms with Crippen LogP contribution in [0.15, 0.2) is 41.3 Å². The highest BCUT2D eigenvalue weighted by Gasteiger charge is 2.13. The summed E-state index contributed by atoms with van der Waals surface area (Å²) in [6.45, 7) is 2.05. The second-order valence-corrected chi connectivity index (χ2v) is 7.66. The van der Waals surface area contributed by atoms with Crippen LogP contribution in [0.4, 0.5) is 11.4 Å². The van der Waals surface area contributed by atoms with Gasteiger partial charge in [0.25, 0.3) is 0 Å². The first kappa shape index (κ1) is 22.9. The quantitative estimate of drug-likeness (QED) is 0.499. The Balaban J connectivity index is 1.95. The maximum absolute atomic E-state index is 12.4. The predicted molar refractivity (Wildman–Crippen MR) is 119 cm³/mol. The zero-order valence-electron chi connectivity index (χ0n) is 16.7. The van der Waals surface area contributed by atoms with Crippen LogP contribution in [0.5, 0.6) is 11.5 Å². The van der Waals surface area contributed by atoms with E-state index >= 15 is 0 Å². The van der Waals surface area contributed by atoms with Gasteiger partial charge in [0, 0.05) is 23.1 Å². The van der Waals surface area contributed by atoms with E-state index in [2.05, 4.69) is 10.6 Å². The van der Waals surface area contributed by atoms with E-state index in [1.807, 2.05) is 31.2 Å². The lowest BCUT2D eigenvalue weighted by Crippen LogP contribution is -2.15. The minimum absolute atomic E-state index is 0.00442. The van der Waals surface area contributed by atoms with Crippen LogP contribution in [0.2, 0.25) is 5.02 Å². The van der Waals surface area contributed by atoms with Gasteiger partial charge in [-0.2, -0.15) is 0 Å². The number of nitrogens with one attached hydrogen (secondary N) is 2. The van der Waals surface area contributed by atoms with Gasteiger partial charge in [-0.15, -0.1) is 11.8 Å². The zero-order chi connectivity index (χ0) is 21.2. The van der Waals surface area contributed by atoms with Crippen LogP contribution in [-0.2, 0) is 9.59 Å². The molecule has 156 valence electrons. The van der Waals surface area contributed by atoms with Gasteiger partial charge in [0.05, 0.1) is 30.7 Å². The highest BCUT2D eigenvalue weighted by Crippen LogP contribution is 2.36. The number of hydrogen-bond acceptors (Lipinski definition) is 5. The molecule has 0 spiro atoms. The number of anilines is 2. The molecular formula is C21H25ClN2O4S. The average Bonchev–Trinajstić information content (AvgIpc) is 2.71. The van der Waals surface area contributed by atoms with E-state index in [9.17, 15) is 9.59 Å². The molecule has 2 rings (SSSR count). The maximum atomic E-state index is 12.4. The molecule has 2 N–H and O–H groups in total. The van der Waals surface area contributed by atoms with Crippen molar-refractivity contribution in [1.82, 2.24) is 0 Å². The van der Waals surface area contributed by atoms with Crippen LogP contribution >= 0.6 is 23.4 Å². The third-order valence-electron chi connectivity index (χ3n) is 3.99. The fourth-order valence-electron chi connectivity index (χ4n) is 2.52. The fraction of sp³-hybridized carbons (Fsp3) is 0.333. The van der Waals surface area contributed by atoms with Gasteiger partial charge in [-0.3, -0.25) is 9.59 Å². The van der Waals surface area contributed by atoms with Crippen LogP contribution in [0, 0.1) is 0 Å². The van der Waals surface area contributed by atoms with E-state index in [1.54, 1.807) is 12.1 Å². The molecule has 0 aliphatic heterocycles. The normalized spacial score (nSPS) is 10.3. The van der Waals surface area contributed by atoms with Gasteiger partial charge in [-0.05, 0) is 30.7 Å². The molecular weight excluding hydrogens is 412 g/mol. The molecule has 0 aliphatic rings. The molecule has 0 aromatic heterocycles. The molecule has 29 heavy (non-hydrogen) atoms. The van der Waals surface area contributed by atoms with E-state index in [4.69, 9.17) is 21.1 Å². The van der Waals surface area contributed by atoms with Crippen molar-refractivity contribution in [1.29, 1.82) is 0 Å². The Morgan fingerprint density at radius 1 is 1.03 bits per heavy atom. The summed E-state index contributed by atoms with van der Waals surface area (Å²) in [7, 11) is 3.02. The van der Waals surface area contributed by atoms with E-state index in [0.717, 1.165) is 23.4 Å². The van der Waals surface area contributed by atoms with Crippen molar-refractivity contribution >= 4 is 46.6 Å². The number of methoxy groups -OCH3 is 2. The largest absolute Gasteiger partial charge is 0.495 e. The number of unbranched alkanes of at least 4 members (excludes halogenated alkanes) is 1. The van der Waals surface area contributed by atoms with Crippen molar-refractivity contribution < 1.29 is 19.1 Å². The molecule has 0 atom stereocenters. The summed E-state index contributed by atoms with van der Waals surface area (Å²) in [5.74, 6) is 0.914. The molecule has 0 saturated heterocycles. The van der Waals surface area contributed by atoms with Crippen molar-refractivity contribution in [2.45, 2.75) is 31.1 Å². The molecule has 0 heterocycles. The third-order valence-corrected chi connectivity index (χ3v) is 5.28. The number of benzene rings is 2. The lowest BCUT2D eigenvalue weighted by atomic mass is 10.2. The van der Waals surface area contributed by atoms with Crippen LogP contribution in [0.1, 0.15) is 26.2 Å². The standard InChI is InChI=1S/C21H25ClN2O4S/c1-4-5-9-20(25)23-14-7-6-8-15(10-14)29-13-21(26)24-17-11-16(22)18(27-2)12-19(17)28-3/h6-8,10-12H,4-5,9,13H2,1-3H3,(H,23,25)(H,24,26). The van der Waals surface area contributed by atoms with Gasteiger partial charge in [-0.1, -0.05) is 31.0 Å². The number of ether oxygens (including phenoxy) is 2. The Hall–Kier alpha value is -2.38. The fourth-order valence-corrected chi connectivity index (χ4v) is 3.51. The summed E-state index contributed by atoms with van der Waals surface area (Å²) in [6, 6.07) is 10.6. The number of carbonyl (C=O) groups excluding carboxylic acids is 2. The Morgan fingerprint density at radius 3 is 2.48 bits per heavy atom. The number of hydrogen-bond donors (Lipinski definition) is 2. The lowest BCUT2D eigenvalue weighted by molar-refractivity contribution is -0.116. The number of amides is 2. The monoisotopic (exact) mass is 436 g/mol. The van der Waals surface area contributed by atoms with Crippen molar-refractivity contribution in [3.8, 4) is 11.5 Å². The Labute approximate surface area is 180 Å². The minimum Gasteiger partial charge on any atom is -0.495 e. The first-order chi connectivity index (χ1) is 14.0. The number of thioether (sulfide) groups is 1. The zero-order valence-corrected chi connectivity index (χ0v) is 18.3. The van der Waals surface area contributed by atoms with Crippen LogP contribution < -0.4 is 20.1 Å². The van der Waals surface area contributed by atoms with Gasteiger partial charge in [0.1, 0.15) is 11.5 Å². The molecule has 2 aromatic rings. The second-order valence-electron chi connectivity index (χ2n) is 6.20. The minimum atomic E-state index is -0.202. The Bertz CT molecular complexity index is 861. The van der Waals surface area contributed by atoms with Crippen molar-refractivity contribution in [3.63, 3.8) is 0 Å². The van der Waals surface area contributed by atoms with Gasteiger partial charge < -0.3 is 20.1 Å². The van der Waals surface area contributed by atoms with Gasteiger partial charge in [0.2, 0.25) is 11.8 Å². The van der Waals surface area contributed by atoms with E-state index in [0.29, 0.717) is 28.6 Å². The SMILES string of the molecule is CCCCC(=O)Nc1cccc(SCC(=O)Nc2cc(Cl)c(OC)cc2OC)c1. The molecule has 0 unspecified atom stereocenters. The predicted octanol–water partition coefficient (Wildman–Crippen LogP) is 5.22. The highest BCUT2D eigenvalue weighted by molar-refractivity contribution is 8.00. The molecule has 0 aliphatic carbocycles. The smallest absolute Gasteiger partial charge is 0.234 e. The molecule has 6 nitrogen and oxygen atoms in total. The molecule has 0 radical (unpaired) electrons. The van der Waals surface area contributed by atoms with Crippen molar-refractivity contribution in [2.24, 2.45) is 0 Å². The van der Waals surface area contributed by atoms with Crippen LogP contribution in [0.25, 0.3) is 0 Å². The first-order valence-corrected chi connectivity index (χ1v) is 10.6. The van der Waals surface area contributed by atoms with E-state index < -0.39 is 0 Å². The second kappa shape index (κ2) is 11.6. The summed E-state index contributed by atoms with van der Waals surface area (Å²) >= 11 is 7.50. The molecule has 0 fully saturated rings. The topological polar surface area (TPSA) is 76.7 Å². The number of rotatable bonds is 10. The summed E-state index contributed by atoms with van der Waals surface area (Å²) in [5, 5.41) is 6.06. The maximum Gasteiger partial charge on any atom is 0.234 e. The van der Waals surface area contributed by atoms with E-state index in [1.165, 1.54) is 26.0 Å². The lowest BCUT2D eigenvalue weighted by Gasteiger charge is -2.13. The summed E-state index contributed by atoms with van der Waals surface area (Å²) in [5.41, 5.74) is 1.20. The molecule has 0 bridgehead atoms. The average molecular weight is 437 g/mol. The van der Waals surface area contributed by atoms with Gasteiger partial charge >= 0.3 is 0 Å². The first-order valence-electron chi connectivity index (χ1n) is 9.21. The van der Waals surface area contributed by atoms with E-state index in [-0.39, 0.29) is 17.6 Å². The third kappa shape index (κ3) is 7.18. The Kier molecular flexibility index (Phi) is 9.15. The van der Waals surface area contributed by atoms with Gasteiger partial charge in [0.15, 0.2) is 0 Å². The van der Waals surface area contributed by atoms with Crippen molar-refractivity contribution in [2.75, 3.05) is 30.6 Å². The molecule has 0 saturated carbocycles. The van der Waals surface area contributed by atoms with Crippen LogP contribution in [0.3, 0.4) is 0 Å².